The normalized spacial score (nSPS) is 21.1. The summed E-state index contributed by atoms with van der Waals surface area (Å²) < 4.78 is 7.84. The van der Waals surface area contributed by atoms with E-state index in [1.165, 1.54) is 0 Å². The van der Waals surface area contributed by atoms with Crippen molar-refractivity contribution in [3.63, 3.8) is 0 Å². The molecule has 0 amide bonds. The van der Waals surface area contributed by atoms with Crippen LogP contribution in [0, 0.1) is 0 Å². The van der Waals surface area contributed by atoms with Crippen LogP contribution in [0.1, 0.15) is 31.6 Å². The largest absolute Gasteiger partial charge is 0.376 e. The summed E-state index contributed by atoms with van der Waals surface area (Å²) in [6.45, 7) is 2.96. The predicted molar refractivity (Wildman–Crippen MR) is 75.8 cm³/mol. The van der Waals surface area contributed by atoms with E-state index in [0.717, 1.165) is 36.4 Å². The molecule has 3 rings (SSSR count). The molecule has 0 bridgehead atoms. The number of alkyl halides is 1. The van der Waals surface area contributed by atoms with Gasteiger partial charge < -0.3 is 9.30 Å². The summed E-state index contributed by atoms with van der Waals surface area (Å²) in [5.41, 5.74) is 1.61. The van der Waals surface area contributed by atoms with Crippen LogP contribution in [-0.2, 0) is 10.6 Å². The molecule has 0 radical (unpaired) electrons. The number of hydrogen-bond acceptors (Lipinski definition) is 3. The second kappa shape index (κ2) is 5.27. The molecule has 1 saturated heterocycles. The molecule has 2 aromatic heterocycles. The molecular formula is C13H15Cl2N3O. The Balaban J connectivity index is 2.09. The molecule has 1 fully saturated rings. The van der Waals surface area contributed by atoms with Crippen LogP contribution in [0.15, 0.2) is 12.3 Å². The Bertz CT molecular complexity index is 593. The summed E-state index contributed by atoms with van der Waals surface area (Å²) in [6.07, 6.45) is 4.02. The molecule has 6 heteroatoms. The van der Waals surface area contributed by atoms with Crippen molar-refractivity contribution >= 4 is 34.4 Å². The van der Waals surface area contributed by atoms with Gasteiger partial charge in [0.25, 0.3) is 0 Å². The fraction of sp³-hybridized carbons (Fsp3) is 0.538. The van der Waals surface area contributed by atoms with Gasteiger partial charge in [0.1, 0.15) is 11.3 Å². The summed E-state index contributed by atoms with van der Waals surface area (Å²) in [4.78, 5) is 8.91. The van der Waals surface area contributed by atoms with Crippen molar-refractivity contribution in [2.24, 2.45) is 0 Å². The highest BCUT2D eigenvalue weighted by atomic mass is 35.5. The van der Waals surface area contributed by atoms with E-state index in [1.807, 2.05) is 6.07 Å². The number of rotatable bonds is 3. The van der Waals surface area contributed by atoms with Gasteiger partial charge in [-0.3, -0.25) is 0 Å². The third kappa shape index (κ3) is 2.33. The van der Waals surface area contributed by atoms with E-state index in [0.29, 0.717) is 10.9 Å². The average molecular weight is 300 g/mol. The van der Waals surface area contributed by atoms with Crippen LogP contribution >= 0.6 is 23.2 Å². The Hall–Kier alpha value is -0.840. The molecular weight excluding hydrogens is 285 g/mol. The number of pyridine rings is 1. The highest BCUT2D eigenvalue weighted by Gasteiger charge is 2.27. The summed E-state index contributed by atoms with van der Waals surface area (Å²) in [7, 11) is 0. The van der Waals surface area contributed by atoms with Gasteiger partial charge in [0.2, 0.25) is 0 Å². The summed E-state index contributed by atoms with van der Waals surface area (Å²) in [5, 5.41) is 0.586. The maximum atomic E-state index is 6.01. The van der Waals surface area contributed by atoms with Gasteiger partial charge in [-0.05, 0) is 25.8 Å². The summed E-state index contributed by atoms with van der Waals surface area (Å²) in [6, 6.07) is 1.99. The van der Waals surface area contributed by atoms with Gasteiger partial charge in [0.15, 0.2) is 5.65 Å². The Morgan fingerprint density at radius 3 is 3.11 bits per heavy atom. The second-order valence-electron chi connectivity index (χ2n) is 4.82. The molecule has 2 unspecified atom stereocenters. The zero-order valence-corrected chi connectivity index (χ0v) is 12.2. The smallest absolute Gasteiger partial charge is 0.160 e. The molecule has 0 N–H and O–H groups in total. The van der Waals surface area contributed by atoms with Gasteiger partial charge in [-0.15, -0.1) is 11.6 Å². The van der Waals surface area contributed by atoms with Crippen LogP contribution in [0.25, 0.3) is 11.2 Å². The second-order valence-corrected chi connectivity index (χ2v) is 5.52. The van der Waals surface area contributed by atoms with Crippen molar-refractivity contribution in [1.29, 1.82) is 0 Å². The topological polar surface area (TPSA) is 39.9 Å². The SMILES string of the molecule is CC(C1CCCO1)n1c(CCl)nc2cc(Cl)cnc21. The van der Waals surface area contributed by atoms with Crippen molar-refractivity contribution in [1.82, 2.24) is 14.5 Å². The van der Waals surface area contributed by atoms with Gasteiger partial charge in [-0.1, -0.05) is 11.6 Å². The fourth-order valence-electron chi connectivity index (χ4n) is 2.68. The van der Waals surface area contributed by atoms with E-state index < -0.39 is 0 Å². The molecule has 3 heterocycles. The highest BCUT2D eigenvalue weighted by Crippen LogP contribution is 2.29. The Morgan fingerprint density at radius 1 is 1.58 bits per heavy atom. The zero-order valence-electron chi connectivity index (χ0n) is 10.6. The van der Waals surface area contributed by atoms with Crippen LogP contribution < -0.4 is 0 Å². The van der Waals surface area contributed by atoms with E-state index in [2.05, 4.69) is 21.5 Å². The number of ether oxygens (including phenoxy) is 1. The van der Waals surface area contributed by atoms with Gasteiger partial charge >= 0.3 is 0 Å². The van der Waals surface area contributed by atoms with Crippen molar-refractivity contribution in [2.45, 2.75) is 37.8 Å². The van der Waals surface area contributed by atoms with Crippen LogP contribution in [0.3, 0.4) is 0 Å². The van der Waals surface area contributed by atoms with Crippen LogP contribution in [-0.4, -0.2) is 27.2 Å². The lowest BCUT2D eigenvalue weighted by Crippen LogP contribution is -2.22. The molecule has 0 saturated carbocycles. The molecule has 4 nitrogen and oxygen atoms in total. The third-order valence-electron chi connectivity index (χ3n) is 3.60. The lowest BCUT2D eigenvalue weighted by molar-refractivity contribution is 0.0736. The number of nitrogens with zero attached hydrogens (tertiary/aromatic N) is 3. The van der Waals surface area contributed by atoms with Crippen molar-refractivity contribution < 1.29 is 4.74 Å². The van der Waals surface area contributed by atoms with Crippen molar-refractivity contribution in [3.05, 3.63) is 23.1 Å². The minimum absolute atomic E-state index is 0.176. The molecule has 2 aromatic rings. The summed E-state index contributed by atoms with van der Waals surface area (Å²) >= 11 is 12.0. The molecule has 0 spiro atoms. The molecule has 0 aromatic carbocycles. The minimum atomic E-state index is 0.176. The van der Waals surface area contributed by atoms with Crippen LogP contribution in [0.4, 0.5) is 0 Å². The molecule has 102 valence electrons. The van der Waals surface area contributed by atoms with Gasteiger partial charge in [-0.2, -0.15) is 0 Å². The van der Waals surface area contributed by atoms with Gasteiger partial charge in [0, 0.05) is 12.8 Å². The van der Waals surface area contributed by atoms with Crippen LogP contribution in [0.2, 0.25) is 5.02 Å². The standard InChI is InChI=1S/C13H15Cl2N3O/c1-8(11-3-2-4-19-11)18-12(6-14)17-10-5-9(15)7-16-13(10)18/h5,7-8,11H,2-4,6H2,1H3. The summed E-state index contributed by atoms with van der Waals surface area (Å²) in [5.74, 6) is 1.17. The van der Waals surface area contributed by atoms with E-state index in [1.54, 1.807) is 6.20 Å². The minimum Gasteiger partial charge on any atom is -0.376 e. The molecule has 1 aliphatic heterocycles. The predicted octanol–water partition coefficient (Wildman–Crippen LogP) is 3.56. The molecule has 19 heavy (non-hydrogen) atoms. The zero-order chi connectivity index (χ0) is 13.4. The monoisotopic (exact) mass is 299 g/mol. The first-order valence-corrected chi connectivity index (χ1v) is 7.32. The lowest BCUT2D eigenvalue weighted by atomic mass is 10.1. The Labute approximate surface area is 121 Å². The van der Waals surface area contributed by atoms with Gasteiger partial charge in [-0.25, -0.2) is 9.97 Å². The number of imidazole rings is 1. The number of aromatic nitrogens is 3. The quantitative estimate of drug-likeness (QED) is 0.814. The van der Waals surface area contributed by atoms with E-state index in [9.17, 15) is 0 Å². The lowest BCUT2D eigenvalue weighted by Gasteiger charge is -2.22. The maximum Gasteiger partial charge on any atom is 0.160 e. The van der Waals surface area contributed by atoms with Crippen LogP contribution in [0.5, 0.6) is 0 Å². The Kier molecular flexibility index (Phi) is 3.65. The van der Waals surface area contributed by atoms with E-state index >= 15 is 0 Å². The van der Waals surface area contributed by atoms with E-state index in [4.69, 9.17) is 27.9 Å². The first-order chi connectivity index (χ1) is 9.20. The Morgan fingerprint density at radius 2 is 2.42 bits per heavy atom. The van der Waals surface area contributed by atoms with Crippen molar-refractivity contribution in [2.75, 3.05) is 6.61 Å². The molecule has 1 aliphatic rings. The molecule has 2 atom stereocenters. The molecule has 0 aliphatic carbocycles. The number of hydrogen-bond donors (Lipinski definition) is 0. The van der Waals surface area contributed by atoms with Crippen molar-refractivity contribution in [3.8, 4) is 0 Å². The fourth-order valence-corrected chi connectivity index (χ4v) is 3.02. The first kappa shape index (κ1) is 13.2. The van der Waals surface area contributed by atoms with E-state index in [-0.39, 0.29) is 12.1 Å². The number of fused-ring (bicyclic) bond motifs is 1. The van der Waals surface area contributed by atoms with Gasteiger partial charge in [0.05, 0.1) is 23.0 Å². The highest BCUT2D eigenvalue weighted by molar-refractivity contribution is 6.31. The maximum absolute atomic E-state index is 6.01. The first-order valence-electron chi connectivity index (χ1n) is 6.40. The average Bonchev–Trinajstić information content (AvgIpc) is 3.04. The third-order valence-corrected chi connectivity index (χ3v) is 4.05. The number of halogens is 2.